The largest absolute Gasteiger partial charge is 0.465 e. The number of carbonyl (C=O) groups is 1. The molecule has 5 heteroatoms. The highest BCUT2D eigenvalue weighted by Crippen LogP contribution is 2.22. The molecule has 3 rings (SSSR count). The number of amides is 1. The number of nitrogens with zero attached hydrogens (tertiary/aromatic N) is 3. The molecule has 5 nitrogen and oxygen atoms in total. The van der Waals surface area contributed by atoms with Gasteiger partial charge in [0.15, 0.2) is 0 Å². The van der Waals surface area contributed by atoms with Crippen LogP contribution in [0.5, 0.6) is 0 Å². The van der Waals surface area contributed by atoms with Gasteiger partial charge in [-0.05, 0) is 51.5 Å². The molecule has 2 aliphatic heterocycles. The first-order valence-corrected chi connectivity index (χ1v) is 8.94. The standard InChI is InChI=1S/C18H29N3O2/c1-3-19-10-12-21(13-11-19)18(22)16-6-8-20(9-7-16)14-17-5-4-15(2)23-17/h4-5,16H,3,6-14H2,1-2H3. The fraction of sp³-hybridized carbons (Fsp3) is 0.722. The van der Waals surface area contributed by atoms with Gasteiger partial charge in [0.2, 0.25) is 5.91 Å². The lowest BCUT2D eigenvalue weighted by atomic mass is 9.95. The van der Waals surface area contributed by atoms with Crippen LogP contribution in [0, 0.1) is 12.8 Å². The van der Waals surface area contributed by atoms with Crippen molar-refractivity contribution in [1.29, 1.82) is 0 Å². The lowest BCUT2D eigenvalue weighted by molar-refractivity contribution is -0.138. The maximum Gasteiger partial charge on any atom is 0.225 e. The van der Waals surface area contributed by atoms with Gasteiger partial charge in [0, 0.05) is 32.1 Å². The van der Waals surface area contributed by atoms with E-state index in [9.17, 15) is 4.79 Å². The number of hydrogen-bond donors (Lipinski definition) is 0. The van der Waals surface area contributed by atoms with Gasteiger partial charge in [0.05, 0.1) is 6.54 Å². The van der Waals surface area contributed by atoms with Crippen LogP contribution in [0.1, 0.15) is 31.3 Å². The first-order valence-electron chi connectivity index (χ1n) is 8.94. The van der Waals surface area contributed by atoms with E-state index in [1.165, 1.54) is 0 Å². The zero-order chi connectivity index (χ0) is 16.2. The summed E-state index contributed by atoms with van der Waals surface area (Å²) in [7, 11) is 0. The summed E-state index contributed by atoms with van der Waals surface area (Å²) in [6.45, 7) is 12.0. The van der Waals surface area contributed by atoms with E-state index in [4.69, 9.17) is 4.42 Å². The number of rotatable bonds is 4. The number of piperazine rings is 1. The Kier molecular flexibility index (Phi) is 5.38. The molecule has 0 atom stereocenters. The van der Waals surface area contributed by atoms with Gasteiger partial charge in [-0.2, -0.15) is 0 Å². The van der Waals surface area contributed by atoms with Gasteiger partial charge < -0.3 is 14.2 Å². The Morgan fingerprint density at radius 3 is 2.35 bits per heavy atom. The Morgan fingerprint density at radius 2 is 1.78 bits per heavy atom. The molecule has 0 unspecified atom stereocenters. The molecule has 0 aromatic carbocycles. The van der Waals surface area contributed by atoms with Crippen LogP contribution in [0.2, 0.25) is 0 Å². The van der Waals surface area contributed by atoms with Crippen molar-refractivity contribution in [3.63, 3.8) is 0 Å². The number of likely N-dealkylation sites (N-methyl/N-ethyl adjacent to an activating group) is 1. The molecule has 0 N–H and O–H groups in total. The van der Waals surface area contributed by atoms with Crippen molar-refractivity contribution in [3.05, 3.63) is 23.7 Å². The number of aryl methyl sites for hydroxylation is 1. The van der Waals surface area contributed by atoms with Crippen LogP contribution < -0.4 is 0 Å². The molecule has 0 bridgehead atoms. The molecule has 1 aromatic heterocycles. The Balaban J connectivity index is 1.44. The number of carbonyl (C=O) groups excluding carboxylic acids is 1. The minimum Gasteiger partial charge on any atom is -0.465 e. The summed E-state index contributed by atoms with van der Waals surface area (Å²) < 4.78 is 5.65. The van der Waals surface area contributed by atoms with E-state index < -0.39 is 0 Å². The van der Waals surface area contributed by atoms with Gasteiger partial charge in [0.25, 0.3) is 0 Å². The van der Waals surface area contributed by atoms with E-state index in [1.807, 2.05) is 13.0 Å². The summed E-state index contributed by atoms with van der Waals surface area (Å²) in [6.07, 6.45) is 1.96. The average Bonchev–Trinajstić information content (AvgIpc) is 3.00. The van der Waals surface area contributed by atoms with E-state index in [2.05, 4.69) is 27.7 Å². The van der Waals surface area contributed by atoms with E-state index in [-0.39, 0.29) is 5.92 Å². The van der Waals surface area contributed by atoms with Crippen molar-refractivity contribution in [1.82, 2.24) is 14.7 Å². The molecule has 1 aromatic rings. The molecule has 3 heterocycles. The van der Waals surface area contributed by atoms with Crippen molar-refractivity contribution in [2.24, 2.45) is 5.92 Å². The molecule has 0 spiro atoms. The van der Waals surface area contributed by atoms with E-state index in [0.29, 0.717) is 5.91 Å². The number of hydrogen-bond acceptors (Lipinski definition) is 4. The third-order valence-electron chi connectivity index (χ3n) is 5.24. The molecule has 0 saturated carbocycles. The molecule has 128 valence electrons. The first-order chi connectivity index (χ1) is 11.2. The summed E-state index contributed by atoms with van der Waals surface area (Å²) in [5, 5.41) is 0. The lowest BCUT2D eigenvalue weighted by Crippen LogP contribution is -2.51. The Hall–Kier alpha value is -1.33. The van der Waals surface area contributed by atoms with E-state index in [0.717, 1.165) is 76.7 Å². The zero-order valence-electron chi connectivity index (χ0n) is 14.5. The van der Waals surface area contributed by atoms with Gasteiger partial charge in [0.1, 0.15) is 11.5 Å². The predicted molar refractivity (Wildman–Crippen MR) is 90.1 cm³/mol. The van der Waals surface area contributed by atoms with Crippen molar-refractivity contribution < 1.29 is 9.21 Å². The van der Waals surface area contributed by atoms with Crippen LogP contribution in [0.4, 0.5) is 0 Å². The monoisotopic (exact) mass is 319 g/mol. The summed E-state index contributed by atoms with van der Waals surface area (Å²) in [5.74, 6) is 2.60. The zero-order valence-corrected chi connectivity index (χ0v) is 14.5. The summed E-state index contributed by atoms with van der Waals surface area (Å²) >= 11 is 0. The molecule has 0 aliphatic carbocycles. The SMILES string of the molecule is CCN1CCN(C(=O)C2CCN(Cc3ccc(C)o3)CC2)CC1. The van der Waals surface area contributed by atoms with Gasteiger partial charge in [-0.1, -0.05) is 6.92 Å². The summed E-state index contributed by atoms with van der Waals surface area (Å²) in [5.41, 5.74) is 0. The summed E-state index contributed by atoms with van der Waals surface area (Å²) in [4.78, 5) is 19.6. The van der Waals surface area contributed by atoms with Crippen molar-refractivity contribution in [3.8, 4) is 0 Å². The van der Waals surface area contributed by atoms with Crippen LogP contribution in [0.15, 0.2) is 16.5 Å². The van der Waals surface area contributed by atoms with Crippen LogP contribution >= 0.6 is 0 Å². The molecule has 2 aliphatic rings. The molecular weight excluding hydrogens is 290 g/mol. The number of piperidine rings is 1. The average molecular weight is 319 g/mol. The second-order valence-corrected chi connectivity index (χ2v) is 6.82. The summed E-state index contributed by atoms with van der Waals surface area (Å²) in [6, 6.07) is 4.07. The fourth-order valence-electron chi connectivity index (χ4n) is 3.67. The molecule has 1 amide bonds. The highest BCUT2D eigenvalue weighted by molar-refractivity contribution is 5.79. The Labute approximate surface area is 139 Å². The number of likely N-dealkylation sites (tertiary alicyclic amines) is 1. The van der Waals surface area contributed by atoms with E-state index >= 15 is 0 Å². The molecule has 0 radical (unpaired) electrons. The predicted octanol–water partition coefficient (Wildman–Crippen LogP) is 1.96. The molecule has 2 saturated heterocycles. The minimum absolute atomic E-state index is 0.220. The van der Waals surface area contributed by atoms with Crippen LogP contribution in [0.3, 0.4) is 0 Å². The fourth-order valence-corrected chi connectivity index (χ4v) is 3.67. The van der Waals surface area contributed by atoms with Gasteiger partial charge >= 0.3 is 0 Å². The molecule has 2 fully saturated rings. The van der Waals surface area contributed by atoms with Crippen molar-refractivity contribution >= 4 is 5.91 Å². The van der Waals surface area contributed by atoms with Gasteiger partial charge in [-0.25, -0.2) is 0 Å². The minimum atomic E-state index is 0.220. The topological polar surface area (TPSA) is 39.9 Å². The van der Waals surface area contributed by atoms with Crippen LogP contribution in [-0.4, -0.2) is 66.4 Å². The maximum absolute atomic E-state index is 12.7. The normalized spacial score (nSPS) is 21.7. The van der Waals surface area contributed by atoms with Gasteiger partial charge in [-0.15, -0.1) is 0 Å². The number of furan rings is 1. The molecule has 23 heavy (non-hydrogen) atoms. The third-order valence-corrected chi connectivity index (χ3v) is 5.24. The van der Waals surface area contributed by atoms with Crippen molar-refractivity contribution in [2.45, 2.75) is 33.2 Å². The highest BCUT2D eigenvalue weighted by atomic mass is 16.3. The first kappa shape index (κ1) is 16.5. The second kappa shape index (κ2) is 7.49. The lowest BCUT2D eigenvalue weighted by Gasteiger charge is -2.38. The Morgan fingerprint density at radius 1 is 1.09 bits per heavy atom. The van der Waals surface area contributed by atoms with E-state index in [1.54, 1.807) is 0 Å². The second-order valence-electron chi connectivity index (χ2n) is 6.82. The smallest absolute Gasteiger partial charge is 0.225 e. The maximum atomic E-state index is 12.7. The van der Waals surface area contributed by atoms with Crippen LogP contribution in [0.25, 0.3) is 0 Å². The van der Waals surface area contributed by atoms with Gasteiger partial charge in [-0.3, -0.25) is 9.69 Å². The molecular formula is C18H29N3O2. The third kappa shape index (κ3) is 4.15. The Bertz CT molecular complexity index is 512. The quantitative estimate of drug-likeness (QED) is 0.851. The van der Waals surface area contributed by atoms with Crippen LogP contribution in [-0.2, 0) is 11.3 Å². The highest BCUT2D eigenvalue weighted by Gasteiger charge is 2.30. The van der Waals surface area contributed by atoms with Crippen molar-refractivity contribution in [2.75, 3.05) is 45.8 Å².